The van der Waals surface area contributed by atoms with Gasteiger partial charge in [0.25, 0.3) is 0 Å². The normalized spacial score (nSPS) is 18.9. The summed E-state index contributed by atoms with van der Waals surface area (Å²) in [5, 5.41) is 2.90. The van der Waals surface area contributed by atoms with Crippen LogP contribution in [0.5, 0.6) is 0 Å². The first kappa shape index (κ1) is 18.7. The molecule has 2 aromatic carbocycles. The SMILES string of the molecule is Cc1cccc(NC(=O)C2CC(=O)N(C)C(=Nc3ccc(Br)cc3)S2)c1. The summed E-state index contributed by atoms with van der Waals surface area (Å²) in [5.41, 5.74) is 2.52. The molecule has 134 valence electrons. The summed E-state index contributed by atoms with van der Waals surface area (Å²) in [5.74, 6) is -0.311. The van der Waals surface area contributed by atoms with Crippen molar-refractivity contribution >= 4 is 56.0 Å². The predicted octanol–water partition coefficient (Wildman–Crippen LogP) is 4.35. The highest BCUT2D eigenvalue weighted by Gasteiger charge is 2.34. The lowest BCUT2D eigenvalue weighted by Crippen LogP contribution is -2.43. The van der Waals surface area contributed by atoms with E-state index < -0.39 is 5.25 Å². The third-order valence-electron chi connectivity index (χ3n) is 3.90. The largest absolute Gasteiger partial charge is 0.325 e. The van der Waals surface area contributed by atoms with E-state index in [2.05, 4.69) is 26.2 Å². The minimum atomic E-state index is -0.506. The number of aliphatic imine (C=N–C) groups is 1. The van der Waals surface area contributed by atoms with Crippen LogP contribution < -0.4 is 5.32 Å². The van der Waals surface area contributed by atoms with E-state index in [0.717, 1.165) is 21.4 Å². The molecule has 1 N–H and O–H groups in total. The third kappa shape index (κ3) is 4.53. The Morgan fingerprint density at radius 1 is 1.27 bits per heavy atom. The zero-order valence-electron chi connectivity index (χ0n) is 14.4. The van der Waals surface area contributed by atoms with Crippen LogP contribution in [0.1, 0.15) is 12.0 Å². The average Bonchev–Trinajstić information content (AvgIpc) is 2.60. The smallest absolute Gasteiger partial charge is 0.238 e. The highest BCUT2D eigenvalue weighted by atomic mass is 79.9. The molecule has 0 spiro atoms. The second kappa shape index (κ2) is 8.05. The van der Waals surface area contributed by atoms with Crippen LogP contribution >= 0.6 is 27.7 Å². The maximum Gasteiger partial charge on any atom is 0.238 e. The Morgan fingerprint density at radius 2 is 2.00 bits per heavy atom. The number of halogens is 1. The Hall–Kier alpha value is -2.12. The average molecular weight is 432 g/mol. The number of carbonyl (C=O) groups is 2. The van der Waals surface area contributed by atoms with Gasteiger partial charge in [0.1, 0.15) is 5.25 Å². The summed E-state index contributed by atoms with van der Waals surface area (Å²) >= 11 is 4.69. The number of anilines is 1. The summed E-state index contributed by atoms with van der Waals surface area (Å²) in [4.78, 5) is 31.0. The fourth-order valence-corrected chi connectivity index (χ4v) is 3.80. The third-order valence-corrected chi connectivity index (χ3v) is 5.67. The molecular weight excluding hydrogens is 414 g/mol. The summed E-state index contributed by atoms with van der Waals surface area (Å²) in [6, 6.07) is 15.1. The first-order valence-corrected chi connectivity index (χ1v) is 9.74. The Bertz CT molecular complexity index is 867. The number of rotatable bonds is 3. The van der Waals surface area contributed by atoms with Gasteiger partial charge in [-0.15, -0.1) is 0 Å². The van der Waals surface area contributed by atoms with Gasteiger partial charge in [-0.2, -0.15) is 0 Å². The molecule has 1 unspecified atom stereocenters. The monoisotopic (exact) mass is 431 g/mol. The molecule has 1 saturated heterocycles. The van der Waals surface area contributed by atoms with Crippen molar-refractivity contribution in [3.8, 4) is 0 Å². The molecule has 1 atom stereocenters. The predicted molar refractivity (Wildman–Crippen MR) is 110 cm³/mol. The molecule has 0 bridgehead atoms. The first-order valence-electron chi connectivity index (χ1n) is 8.07. The Morgan fingerprint density at radius 3 is 2.69 bits per heavy atom. The van der Waals surface area contributed by atoms with Gasteiger partial charge in [0.15, 0.2) is 5.17 Å². The highest BCUT2D eigenvalue weighted by Crippen LogP contribution is 2.29. The Kier molecular flexibility index (Phi) is 5.78. The lowest BCUT2D eigenvalue weighted by Gasteiger charge is -2.28. The van der Waals surface area contributed by atoms with Gasteiger partial charge in [-0.1, -0.05) is 39.8 Å². The van der Waals surface area contributed by atoms with E-state index in [-0.39, 0.29) is 18.2 Å². The minimum Gasteiger partial charge on any atom is -0.325 e. The number of aryl methyl sites for hydroxylation is 1. The van der Waals surface area contributed by atoms with Gasteiger partial charge in [0.2, 0.25) is 11.8 Å². The van der Waals surface area contributed by atoms with Crippen LogP contribution in [-0.4, -0.2) is 34.2 Å². The molecular formula is C19H18BrN3O2S. The van der Waals surface area contributed by atoms with E-state index >= 15 is 0 Å². The number of amides is 2. The maximum absolute atomic E-state index is 12.6. The standard InChI is InChI=1S/C19H18BrN3O2S/c1-12-4-3-5-15(10-12)21-18(25)16-11-17(24)23(2)19(26-16)22-14-8-6-13(20)7-9-14/h3-10,16H,11H2,1-2H3,(H,21,25). The van der Waals surface area contributed by atoms with Crippen LogP contribution in [0.3, 0.4) is 0 Å². The molecule has 0 aliphatic carbocycles. The van der Waals surface area contributed by atoms with Crippen LogP contribution in [0.25, 0.3) is 0 Å². The molecule has 1 aliphatic rings. The molecule has 0 aromatic heterocycles. The van der Waals surface area contributed by atoms with E-state index in [1.54, 1.807) is 7.05 Å². The van der Waals surface area contributed by atoms with Crippen molar-refractivity contribution in [2.75, 3.05) is 12.4 Å². The van der Waals surface area contributed by atoms with Crippen molar-refractivity contribution in [3.05, 3.63) is 58.6 Å². The number of hydrogen-bond acceptors (Lipinski definition) is 4. The second-order valence-corrected chi connectivity index (χ2v) is 8.08. The van der Waals surface area contributed by atoms with E-state index in [9.17, 15) is 9.59 Å². The molecule has 2 aromatic rings. The van der Waals surface area contributed by atoms with Gasteiger partial charge in [0.05, 0.1) is 5.69 Å². The molecule has 26 heavy (non-hydrogen) atoms. The molecule has 0 saturated carbocycles. The molecule has 1 fully saturated rings. The molecule has 7 heteroatoms. The zero-order valence-corrected chi connectivity index (χ0v) is 16.8. The summed E-state index contributed by atoms with van der Waals surface area (Å²) in [6.07, 6.45) is 0.151. The fourth-order valence-electron chi connectivity index (χ4n) is 2.47. The second-order valence-electron chi connectivity index (χ2n) is 5.99. The van der Waals surface area contributed by atoms with Crippen LogP contribution in [0.15, 0.2) is 58.0 Å². The maximum atomic E-state index is 12.6. The summed E-state index contributed by atoms with van der Waals surface area (Å²) in [7, 11) is 1.68. The zero-order chi connectivity index (χ0) is 18.7. The van der Waals surface area contributed by atoms with E-state index in [1.807, 2.05) is 55.5 Å². The van der Waals surface area contributed by atoms with E-state index in [1.165, 1.54) is 16.7 Å². The number of thioether (sulfide) groups is 1. The van der Waals surface area contributed by atoms with Crippen LogP contribution in [-0.2, 0) is 9.59 Å². The molecule has 2 amide bonds. The molecule has 3 rings (SSSR count). The number of carbonyl (C=O) groups excluding carboxylic acids is 2. The Labute approximate surface area is 165 Å². The summed E-state index contributed by atoms with van der Waals surface area (Å²) in [6.45, 7) is 1.96. The van der Waals surface area contributed by atoms with E-state index in [4.69, 9.17) is 0 Å². The Balaban J connectivity index is 1.77. The van der Waals surface area contributed by atoms with Crippen molar-refractivity contribution in [3.63, 3.8) is 0 Å². The molecule has 1 heterocycles. The van der Waals surface area contributed by atoms with Crippen LogP contribution in [0.4, 0.5) is 11.4 Å². The fraction of sp³-hybridized carbons (Fsp3) is 0.211. The van der Waals surface area contributed by atoms with Gasteiger partial charge in [-0.3, -0.25) is 14.5 Å². The van der Waals surface area contributed by atoms with Crippen molar-refractivity contribution in [2.24, 2.45) is 4.99 Å². The van der Waals surface area contributed by atoms with Crippen molar-refractivity contribution in [1.82, 2.24) is 4.90 Å². The number of nitrogens with zero attached hydrogens (tertiary/aromatic N) is 2. The van der Waals surface area contributed by atoms with Crippen molar-refractivity contribution in [1.29, 1.82) is 0 Å². The van der Waals surface area contributed by atoms with Crippen LogP contribution in [0.2, 0.25) is 0 Å². The molecule has 1 aliphatic heterocycles. The van der Waals surface area contributed by atoms with Crippen molar-refractivity contribution in [2.45, 2.75) is 18.6 Å². The topological polar surface area (TPSA) is 61.8 Å². The summed E-state index contributed by atoms with van der Waals surface area (Å²) < 4.78 is 0.956. The van der Waals surface area contributed by atoms with Gasteiger partial charge in [0, 0.05) is 23.6 Å². The first-order chi connectivity index (χ1) is 12.4. The quantitative estimate of drug-likeness (QED) is 0.785. The molecule has 0 radical (unpaired) electrons. The van der Waals surface area contributed by atoms with Crippen molar-refractivity contribution < 1.29 is 9.59 Å². The number of hydrogen-bond donors (Lipinski definition) is 1. The number of nitrogens with one attached hydrogen (secondary N) is 1. The number of amidine groups is 1. The lowest BCUT2D eigenvalue weighted by molar-refractivity contribution is -0.128. The molecule has 5 nitrogen and oxygen atoms in total. The van der Waals surface area contributed by atoms with Crippen LogP contribution in [0, 0.1) is 6.92 Å². The van der Waals surface area contributed by atoms with Gasteiger partial charge < -0.3 is 5.32 Å². The number of benzene rings is 2. The minimum absolute atomic E-state index is 0.121. The van der Waals surface area contributed by atoms with E-state index in [0.29, 0.717) is 5.17 Å². The lowest BCUT2D eigenvalue weighted by atomic mass is 10.2. The van der Waals surface area contributed by atoms with Gasteiger partial charge in [-0.25, -0.2) is 4.99 Å². The van der Waals surface area contributed by atoms with Gasteiger partial charge in [-0.05, 0) is 48.9 Å². The van der Waals surface area contributed by atoms with Gasteiger partial charge >= 0.3 is 0 Å². The highest BCUT2D eigenvalue weighted by molar-refractivity contribution is 9.10.